The summed E-state index contributed by atoms with van der Waals surface area (Å²) in [6.45, 7) is 3.28. The number of amides is 3. The van der Waals surface area contributed by atoms with Crippen molar-refractivity contribution >= 4 is 17.7 Å². The minimum Gasteiger partial charge on any atom is -0.507 e. The van der Waals surface area contributed by atoms with Gasteiger partial charge in [-0.25, -0.2) is 4.79 Å². The van der Waals surface area contributed by atoms with Crippen LogP contribution in [0.3, 0.4) is 0 Å². The Labute approximate surface area is 187 Å². The molecule has 8 nitrogen and oxygen atoms in total. The summed E-state index contributed by atoms with van der Waals surface area (Å²) in [6.07, 6.45) is 1.74. The molecule has 3 amide bonds. The molecule has 0 aromatic heterocycles. The first kappa shape index (κ1) is 23.3. The first-order valence-electron chi connectivity index (χ1n) is 10.7. The van der Waals surface area contributed by atoms with Gasteiger partial charge in [0.1, 0.15) is 30.2 Å². The van der Waals surface area contributed by atoms with Crippen LogP contribution in [0.2, 0.25) is 0 Å². The minimum atomic E-state index is -0.410. The molecule has 0 fully saturated rings. The number of hydrogen-bond donors (Lipinski definition) is 3. The van der Waals surface area contributed by atoms with E-state index < -0.39 is 5.91 Å². The molecule has 32 heavy (non-hydrogen) atoms. The fraction of sp³-hybridized carbons (Fsp3) is 0.375. The maximum absolute atomic E-state index is 13.5. The summed E-state index contributed by atoms with van der Waals surface area (Å²) < 4.78 is -0.0514. The fourth-order valence-electron chi connectivity index (χ4n) is 4.08. The van der Waals surface area contributed by atoms with Crippen LogP contribution in [-0.2, 0) is 13.1 Å². The van der Waals surface area contributed by atoms with Gasteiger partial charge in [-0.05, 0) is 24.6 Å². The molecule has 1 unspecified atom stereocenters. The molecule has 1 aliphatic heterocycles. The monoisotopic (exact) mass is 440 g/mol. The molecule has 0 saturated heterocycles. The molecular weight excluding hydrogens is 410 g/mol. The number of phenolic OH excluding ortho intramolecular Hbond substituents is 2. The lowest BCUT2D eigenvalue weighted by Crippen LogP contribution is -2.44. The molecule has 2 aromatic carbocycles. The summed E-state index contributed by atoms with van der Waals surface area (Å²) in [7, 11) is 4.95. The number of nitrogens with zero attached hydrogens (tertiary/aromatic N) is 2. The second-order valence-corrected chi connectivity index (χ2v) is 8.55. The van der Waals surface area contributed by atoms with Gasteiger partial charge >= 0.3 is 5.91 Å². The maximum atomic E-state index is 13.5. The molecule has 3 rings (SSSR count). The second-order valence-electron chi connectivity index (χ2n) is 8.55. The van der Waals surface area contributed by atoms with Crippen LogP contribution in [0.4, 0.5) is 0 Å². The van der Waals surface area contributed by atoms with Crippen molar-refractivity contribution < 1.29 is 29.1 Å². The molecule has 0 bridgehead atoms. The molecule has 0 aliphatic carbocycles. The number of phenols is 2. The molecule has 0 saturated carbocycles. The fourth-order valence-corrected chi connectivity index (χ4v) is 4.08. The molecule has 0 spiro atoms. The van der Waals surface area contributed by atoms with E-state index >= 15 is 0 Å². The Bertz CT molecular complexity index is 1080. The van der Waals surface area contributed by atoms with Gasteiger partial charge in [0.15, 0.2) is 0 Å². The number of quaternary nitrogens is 1. The molecule has 2 aromatic rings. The summed E-state index contributed by atoms with van der Waals surface area (Å²) in [6, 6.07) is 7.66. The third-order valence-electron chi connectivity index (χ3n) is 5.99. The highest BCUT2D eigenvalue weighted by atomic mass is 16.3. The highest BCUT2D eigenvalue weighted by Crippen LogP contribution is 2.35. The predicted molar refractivity (Wildman–Crippen MR) is 119 cm³/mol. The average molecular weight is 441 g/mol. The Kier molecular flexibility index (Phi) is 6.55. The van der Waals surface area contributed by atoms with Gasteiger partial charge in [-0.3, -0.25) is 14.1 Å². The maximum Gasteiger partial charge on any atom is 0.350 e. The molecular formula is C24H30N3O5+. The van der Waals surface area contributed by atoms with Gasteiger partial charge < -0.3 is 20.4 Å². The lowest BCUT2D eigenvalue weighted by Gasteiger charge is -2.26. The molecule has 1 aliphatic rings. The minimum absolute atomic E-state index is 0.0168. The van der Waals surface area contributed by atoms with E-state index in [9.17, 15) is 24.6 Å². The van der Waals surface area contributed by atoms with Crippen LogP contribution in [0.1, 0.15) is 62.0 Å². The standard InChI is InChI=1S/C24H29N3O5/c1-5-6-9-26(3)23(31)18-11-19(21(29)12-20(18)28)24(32)27(4)13-16-8-7-15(22(30)25-2)10-17(16)14-27/h7-8,10-12H,5-6,9,13-14H2,1-4H3,(H2-,25,28,29,30,31,32)/p+1. The van der Waals surface area contributed by atoms with Gasteiger partial charge in [-0.1, -0.05) is 19.4 Å². The van der Waals surface area contributed by atoms with Crippen LogP contribution >= 0.6 is 0 Å². The Morgan fingerprint density at radius 3 is 2.34 bits per heavy atom. The second kappa shape index (κ2) is 9.00. The van der Waals surface area contributed by atoms with Crippen LogP contribution in [0.5, 0.6) is 11.5 Å². The van der Waals surface area contributed by atoms with Gasteiger partial charge in [0, 0.05) is 43.4 Å². The van der Waals surface area contributed by atoms with Gasteiger partial charge in [-0.2, -0.15) is 0 Å². The van der Waals surface area contributed by atoms with Crippen molar-refractivity contribution in [1.82, 2.24) is 10.2 Å². The molecule has 0 radical (unpaired) electrons. The van der Waals surface area contributed by atoms with E-state index in [1.807, 2.05) is 13.0 Å². The lowest BCUT2D eigenvalue weighted by atomic mass is 10.0. The van der Waals surface area contributed by atoms with E-state index in [4.69, 9.17) is 0 Å². The summed E-state index contributed by atoms with van der Waals surface area (Å²) >= 11 is 0. The van der Waals surface area contributed by atoms with Gasteiger partial charge in [0.2, 0.25) is 0 Å². The van der Waals surface area contributed by atoms with Gasteiger partial charge in [0.05, 0.1) is 12.6 Å². The van der Waals surface area contributed by atoms with Crippen LogP contribution in [0.15, 0.2) is 30.3 Å². The number of nitrogens with one attached hydrogen (secondary N) is 1. The van der Waals surface area contributed by atoms with Crippen LogP contribution in [0.25, 0.3) is 0 Å². The topological polar surface area (TPSA) is 107 Å². The molecule has 8 heteroatoms. The van der Waals surface area contributed by atoms with E-state index in [-0.39, 0.29) is 38.9 Å². The third kappa shape index (κ3) is 4.31. The van der Waals surface area contributed by atoms with Crippen molar-refractivity contribution in [1.29, 1.82) is 0 Å². The normalized spacial score (nSPS) is 17.0. The van der Waals surface area contributed by atoms with Gasteiger partial charge in [0.25, 0.3) is 11.8 Å². The van der Waals surface area contributed by atoms with E-state index in [1.165, 1.54) is 11.0 Å². The zero-order chi connectivity index (χ0) is 23.6. The van der Waals surface area contributed by atoms with Crippen molar-refractivity contribution in [2.24, 2.45) is 0 Å². The Morgan fingerprint density at radius 1 is 1.03 bits per heavy atom. The van der Waals surface area contributed by atoms with Crippen molar-refractivity contribution in [3.63, 3.8) is 0 Å². The first-order chi connectivity index (χ1) is 15.1. The van der Waals surface area contributed by atoms with E-state index in [0.29, 0.717) is 25.2 Å². The molecule has 1 atom stereocenters. The number of aromatic hydroxyl groups is 2. The zero-order valence-corrected chi connectivity index (χ0v) is 18.9. The SMILES string of the molecule is CCCCN(C)C(=O)c1cc(C(=O)[N+]2(C)Cc3ccc(C(=O)NC)cc3C2)c(O)cc1O. The molecule has 3 N–H and O–H groups in total. The zero-order valence-electron chi connectivity index (χ0n) is 18.9. The molecule has 170 valence electrons. The van der Waals surface area contributed by atoms with E-state index in [2.05, 4.69) is 5.32 Å². The number of unbranched alkanes of at least 4 members (excludes halogenated alkanes) is 1. The van der Waals surface area contributed by atoms with Crippen molar-refractivity contribution in [3.8, 4) is 11.5 Å². The molecule has 1 heterocycles. The van der Waals surface area contributed by atoms with Crippen LogP contribution in [-0.4, -0.2) is 65.0 Å². The van der Waals surface area contributed by atoms with Crippen molar-refractivity contribution in [2.75, 3.05) is 27.7 Å². The lowest BCUT2D eigenvalue weighted by molar-refractivity contribution is -0.848. The Hall–Kier alpha value is -3.39. The summed E-state index contributed by atoms with van der Waals surface area (Å²) in [4.78, 5) is 39.7. The third-order valence-corrected chi connectivity index (χ3v) is 5.99. The quantitative estimate of drug-likeness (QED) is 0.599. The first-order valence-corrected chi connectivity index (χ1v) is 10.7. The predicted octanol–water partition coefficient (Wildman–Crippen LogP) is 2.63. The highest BCUT2D eigenvalue weighted by Gasteiger charge is 2.41. The largest absolute Gasteiger partial charge is 0.507 e. The number of rotatable bonds is 6. The van der Waals surface area contributed by atoms with Crippen LogP contribution < -0.4 is 5.32 Å². The number of carbonyl (C=O) groups excluding carboxylic acids is 3. The van der Waals surface area contributed by atoms with E-state index in [0.717, 1.165) is 30.0 Å². The highest BCUT2D eigenvalue weighted by molar-refractivity contribution is 6.01. The average Bonchev–Trinajstić information content (AvgIpc) is 3.12. The van der Waals surface area contributed by atoms with E-state index in [1.54, 1.807) is 33.3 Å². The van der Waals surface area contributed by atoms with Crippen LogP contribution in [0, 0.1) is 0 Å². The van der Waals surface area contributed by atoms with Crippen molar-refractivity contribution in [3.05, 3.63) is 58.1 Å². The summed E-state index contributed by atoms with van der Waals surface area (Å²) in [5.41, 5.74) is 2.31. The summed E-state index contributed by atoms with van der Waals surface area (Å²) in [5.74, 6) is -1.72. The smallest absolute Gasteiger partial charge is 0.350 e. The number of fused-ring (bicyclic) bond motifs is 1. The summed E-state index contributed by atoms with van der Waals surface area (Å²) in [5, 5.41) is 23.3. The Balaban J connectivity index is 1.91. The van der Waals surface area contributed by atoms with Gasteiger partial charge in [-0.15, -0.1) is 0 Å². The Morgan fingerprint density at radius 2 is 1.69 bits per heavy atom. The van der Waals surface area contributed by atoms with Crippen molar-refractivity contribution in [2.45, 2.75) is 32.9 Å². The number of carbonyl (C=O) groups is 3. The number of hydrogen-bond acceptors (Lipinski definition) is 5. The number of benzene rings is 2.